The zero-order valence-electron chi connectivity index (χ0n) is 12.9. The van der Waals surface area contributed by atoms with Crippen molar-refractivity contribution in [3.63, 3.8) is 0 Å². The summed E-state index contributed by atoms with van der Waals surface area (Å²) in [5.41, 5.74) is 1.25. The minimum Gasteiger partial charge on any atom is -0.490 e. The molecule has 0 saturated heterocycles. The van der Waals surface area contributed by atoms with Gasteiger partial charge in [0.1, 0.15) is 5.75 Å². The first-order valence-electron chi connectivity index (χ1n) is 7.84. The van der Waals surface area contributed by atoms with E-state index in [1.807, 2.05) is 13.1 Å². The third-order valence-corrected chi connectivity index (χ3v) is 3.68. The fourth-order valence-corrected chi connectivity index (χ4v) is 2.57. The van der Waals surface area contributed by atoms with Crippen LogP contribution in [0.5, 0.6) is 5.75 Å². The van der Waals surface area contributed by atoms with Crippen molar-refractivity contribution in [2.75, 3.05) is 13.7 Å². The molecule has 1 saturated carbocycles. The Labute approximate surface area is 122 Å². The number of nitrogens with one attached hydrogen (secondary N) is 1. The average molecular weight is 277 g/mol. The van der Waals surface area contributed by atoms with Gasteiger partial charge in [0, 0.05) is 6.61 Å². The lowest BCUT2D eigenvalue weighted by Crippen LogP contribution is -2.31. The Bertz CT molecular complexity index is 398. The van der Waals surface area contributed by atoms with Crippen molar-refractivity contribution in [3.8, 4) is 5.75 Å². The molecule has 1 aliphatic rings. The monoisotopic (exact) mass is 277 g/mol. The number of likely N-dealkylation sites (N-methyl/N-ethyl adjacent to an activating group) is 1. The standard InChI is InChI=1S/C17H27NO2/c1-4-7-16(19-5-2)17(18-3)13-8-6-9-15(12-13)20-14-10-11-14/h6,8-9,12,14,16-18H,4-5,7,10-11H2,1-3H3. The summed E-state index contributed by atoms with van der Waals surface area (Å²) >= 11 is 0. The summed E-state index contributed by atoms with van der Waals surface area (Å²) < 4.78 is 11.8. The summed E-state index contributed by atoms with van der Waals surface area (Å²) in [4.78, 5) is 0. The number of hydrogen-bond donors (Lipinski definition) is 1. The van der Waals surface area contributed by atoms with Crippen LogP contribution in [0.4, 0.5) is 0 Å². The van der Waals surface area contributed by atoms with Crippen LogP contribution in [0.2, 0.25) is 0 Å². The maximum atomic E-state index is 5.92. The van der Waals surface area contributed by atoms with E-state index in [0.29, 0.717) is 6.10 Å². The van der Waals surface area contributed by atoms with E-state index in [1.165, 1.54) is 18.4 Å². The Morgan fingerprint density at radius 2 is 2.10 bits per heavy atom. The SMILES string of the molecule is CCCC(OCC)C(NC)c1cccc(OC2CC2)c1. The molecule has 0 spiro atoms. The molecule has 1 aromatic rings. The van der Waals surface area contributed by atoms with E-state index in [1.54, 1.807) is 0 Å². The molecule has 0 aromatic heterocycles. The molecule has 0 amide bonds. The summed E-state index contributed by atoms with van der Waals surface area (Å²) in [7, 11) is 2.00. The molecule has 112 valence electrons. The predicted octanol–water partition coefficient (Wildman–Crippen LogP) is 3.69. The molecule has 2 unspecified atom stereocenters. The van der Waals surface area contributed by atoms with Crippen molar-refractivity contribution in [2.24, 2.45) is 0 Å². The van der Waals surface area contributed by atoms with Gasteiger partial charge in [-0.15, -0.1) is 0 Å². The topological polar surface area (TPSA) is 30.5 Å². The molecule has 0 radical (unpaired) electrons. The molecular weight excluding hydrogens is 250 g/mol. The molecule has 2 rings (SSSR count). The lowest BCUT2D eigenvalue weighted by atomic mass is 9.98. The minimum atomic E-state index is 0.214. The van der Waals surface area contributed by atoms with Crippen LogP contribution in [0.15, 0.2) is 24.3 Å². The van der Waals surface area contributed by atoms with E-state index in [4.69, 9.17) is 9.47 Å². The average Bonchev–Trinajstić information content (AvgIpc) is 3.24. The normalized spacial score (nSPS) is 17.8. The zero-order chi connectivity index (χ0) is 14.4. The number of benzene rings is 1. The Morgan fingerprint density at radius 1 is 1.30 bits per heavy atom. The van der Waals surface area contributed by atoms with E-state index in [9.17, 15) is 0 Å². The van der Waals surface area contributed by atoms with Crippen LogP contribution in [-0.2, 0) is 4.74 Å². The summed E-state index contributed by atoms with van der Waals surface area (Å²) in [5, 5.41) is 3.40. The molecular formula is C17H27NO2. The van der Waals surface area contributed by atoms with Crippen LogP contribution in [0.25, 0.3) is 0 Å². The minimum absolute atomic E-state index is 0.214. The van der Waals surface area contributed by atoms with E-state index < -0.39 is 0 Å². The van der Waals surface area contributed by atoms with Gasteiger partial charge in [-0.2, -0.15) is 0 Å². The molecule has 1 fully saturated rings. The highest BCUT2D eigenvalue weighted by Gasteiger charge is 2.25. The van der Waals surface area contributed by atoms with E-state index in [0.717, 1.165) is 25.2 Å². The molecule has 2 atom stereocenters. The summed E-state index contributed by atoms with van der Waals surface area (Å²) in [6, 6.07) is 8.65. The van der Waals surface area contributed by atoms with Crippen molar-refractivity contribution >= 4 is 0 Å². The number of rotatable bonds is 9. The fraction of sp³-hybridized carbons (Fsp3) is 0.647. The first-order chi connectivity index (χ1) is 9.78. The largest absolute Gasteiger partial charge is 0.490 e. The van der Waals surface area contributed by atoms with Crippen LogP contribution >= 0.6 is 0 Å². The highest BCUT2D eigenvalue weighted by molar-refractivity contribution is 5.31. The van der Waals surface area contributed by atoms with Crippen molar-refractivity contribution < 1.29 is 9.47 Å². The molecule has 1 aliphatic carbocycles. The van der Waals surface area contributed by atoms with Gasteiger partial charge in [-0.05, 0) is 50.9 Å². The quantitative estimate of drug-likeness (QED) is 0.746. The third kappa shape index (κ3) is 4.22. The van der Waals surface area contributed by atoms with E-state index in [-0.39, 0.29) is 12.1 Å². The molecule has 1 aromatic carbocycles. The van der Waals surface area contributed by atoms with E-state index >= 15 is 0 Å². The smallest absolute Gasteiger partial charge is 0.120 e. The Kier molecular flexibility index (Phi) is 5.86. The highest BCUT2D eigenvalue weighted by atomic mass is 16.5. The molecule has 0 aliphatic heterocycles. The third-order valence-electron chi connectivity index (χ3n) is 3.68. The summed E-state index contributed by atoms with van der Waals surface area (Å²) in [5.74, 6) is 0.983. The van der Waals surface area contributed by atoms with Gasteiger partial charge < -0.3 is 14.8 Å². The van der Waals surface area contributed by atoms with E-state index in [2.05, 4.69) is 37.4 Å². The lowest BCUT2D eigenvalue weighted by Gasteiger charge is -2.27. The van der Waals surface area contributed by atoms with Crippen LogP contribution in [0.3, 0.4) is 0 Å². The molecule has 0 bridgehead atoms. The van der Waals surface area contributed by atoms with Crippen molar-refractivity contribution in [1.29, 1.82) is 0 Å². The molecule has 20 heavy (non-hydrogen) atoms. The number of ether oxygens (including phenoxy) is 2. The maximum Gasteiger partial charge on any atom is 0.120 e. The summed E-state index contributed by atoms with van der Waals surface area (Å²) in [6.45, 7) is 5.01. The first-order valence-corrected chi connectivity index (χ1v) is 7.84. The fourth-order valence-electron chi connectivity index (χ4n) is 2.57. The van der Waals surface area contributed by atoms with Crippen LogP contribution in [-0.4, -0.2) is 25.9 Å². The Morgan fingerprint density at radius 3 is 2.70 bits per heavy atom. The number of hydrogen-bond acceptors (Lipinski definition) is 3. The highest BCUT2D eigenvalue weighted by Crippen LogP contribution is 2.30. The van der Waals surface area contributed by atoms with Gasteiger partial charge in [-0.1, -0.05) is 25.5 Å². The van der Waals surface area contributed by atoms with Gasteiger partial charge in [-0.3, -0.25) is 0 Å². The van der Waals surface area contributed by atoms with Crippen LogP contribution in [0.1, 0.15) is 51.1 Å². The second-order valence-electron chi connectivity index (χ2n) is 5.44. The second kappa shape index (κ2) is 7.65. The predicted molar refractivity (Wildman–Crippen MR) is 82.2 cm³/mol. The van der Waals surface area contributed by atoms with Gasteiger partial charge in [0.25, 0.3) is 0 Å². The summed E-state index contributed by atoms with van der Waals surface area (Å²) in [6.07, 6.45) is 5.23. The van der Waals surface area contributed by atoms with Crippen LogP contribution in [0, 0.1) is 0 Å². The van der Waals surface area contributed by atoms with Crippen molar-refractivity contribution in [3.05, 3.63) is 29.8 Å². The van der Waals surface area contributed by atoms with Crippen molar-refractivity contribution in [1.82, 2.24) is 5.32 Å². The first kappa shape index (κ1) is 15.3. The Balaban J connectivity index is 2.11. The molecule has 0 heterocycles. The molecule has 3 heteroatoms. The van der Waals surface area contributed by atoms with Gasteiger partial charge in [0.05, 0.1) is 18.2 Å². The van der Waals surface area contributed by atoms with Gasteiger partial charge in [0.2, 0.25) is 0 Å². The maximum absolute atomic E-state index is 5.92. The van der Waals surface area contributed by atoms with Crippen molar-refractivity contribution in [2.45, 2.75) is 57.8 Å². The lowest BCUT2D eigenvalue weighted by molar-refractivity contribution is 0.0295. The van der Waals surface area contributed by atoms with Gasteiger partial charge in [0.15, 0.2) is 0 Å². The van der Waals surface area contributed by atoms with Crippen LogP contribution < -0.4 is 10.1 Å². The second-order valence-corrected chi connectivity index (χ2v) is 5.44. The Hall–Kier alpha value is -1.06. The van der Waals surface area contributed by atoms with Gasteiger partial charge >= 0.3 is 0 Å². The molecule has 3 nitrogen and oxygen atoms in total. The molecule has 1 N–H and O–H groups in total. The van der Waals surface area contributed by atoms with Gasteiger partial charge in [-0.25, -0.2) is 0 Å². The zero-order valence-corrected chi connectivity index (χ0v) is 12.9.